The summed E-state index contributed by atoms with van der Waals surface area (Å²) in [5.41, 5.74) is 0.227. The molecule has 0 saturated heterocycles. The van der Waals surface area contributed by atoms with Gasteiger partial charge in [0.05, 0.1) is 12.5 Å². The first-order chi connectivity index (χ1) is 7.58. The lowest BCUT2D eigenvalue weighted by Crippen LogP contribution is -2.46. The molecule has 1 aliphatic rings. The highest BCUT2D eigenvalue weighted by atomic mass is 16.5. The van der Waals surface area contributed by atoms with Gasteiger partial charge in [0.1, 0.15) is 5.75 Å². The second-order valence-electron chi connectivity index (χ2n) is 4.63. The Kier molecular flexibility index (Phi) is 2.62. The van der Waals surface area contributed by atoms with Gasteiger partial charge in [0.25, 0.3) is 0 Å². The number of benzene rings is 1. The number of carbonyl (C=O) groups is 1. The number of rotatable bonds is 3. The standard InChI is InChI=1S/C13H16O3/c1-9-7-13(8-9,12(14)15)10-3-5-11(16-2)6-4-10/h3-6,9H,7-8H2,1-2H3,(H,14,15). The number of carboxylic acids is 1. The van der Waals surface area contributed by atoms with Gasteiger partial charge in [-0.05, 0) is 36.5 Å². The molecule has 0 atom stereocenters. The molecular formula is C13H16O3. The van der Waals surface area contributed by atoms with E-state index in [4.69, 9.17) is 4.74 Å². The van der Waals surface area contributed by atoms with Gasteiger partial charge in [-0.2, -0.15) is 0 Å². The van der Waals surface area contributed by atoms with Gasteiger partial charge >= 0.3 is 5.97 Å². The smallest absolute Gasteiger partial charge is 0.314 e. The molecular weight excluding hydrogens is 204 g/mol. The summed E-state index contributed by atoms with van der Waals surface area (Å²) in [7, 11) is 1.60. The zero-order chi connectivity index (χ0) is 11.8. The molecule has 1 saturated carbocycles. The molecule has 0 aliphatic heterocycles. The Balaban J connectivity index is 2.30. The van der Waals surface area contributed by atoms with Gasteiger partial charge in [0, 0.05) is 0 Å². The highest BCUT2D eigenvalue weighted by molar-refractivity contribution is 5.82. The summed E-state index contributed by atoms with van der Waals surface area (Å²) in [6.07, 6.45) is 1.46. The summed E-state index contributed by atoms with van der Waals surface area (Å²) >= 11 is 0. The molecule has 1 aromatic rings. The Morgan fingerprint density at radius 1 is 1.38 bits per heavy atom. The summed E-state index contributed by atoms with van der Waals surface area (Å²) < 4.78 is 5.07. The topological polar surface area (TPSA) is 46.5 Å². The number of aliphatic carboxylic acids is 1. The molecule has 0 spiro atoms. The maximum atomic E-state index is 11.4. The van der Waals surface area contributed by atoms with Gasteiger partial charge < -0.3 is 9.84 Å². The summed E-state index contributed by atoms with van der Waals surface area (Å²) in [4.78, 5) is 11.4. The summed E-state index contributed by atoms with van der Waals surface area (Å²) in [6, 6.07) is 7.36. The third-order valence-electron chi connectivity index (χ3n) is 3.45. The minimum Gasteiger partial charge on any atom is -0.497 e. The number of hydrogen-bond acceptors (Lipinski definition) is 2. The first-order valence-electron chi connectivity index (χ1n) is 5.46. The van der Waals surface area contributed by atoms with Gasteiger partial charge in [-0.1, -0.05) is 19.1 Å². The Labute approximate surface area is 95.0 Å². The molecule has 0 unspecified atom stereocenters. The molecule has 16 heavy (non-hydrogen) atoms. The van der Waals surface area contributed by atoms with E-state index in [1.165, 1.54) is 0 Å². The van der Waals surface area contributed by atoms with Crippen LogP contribution in [0.1, 0.15) is 25.3 Å². The van der Waals surface area contributed by atoms with E-state index in [0.29, 0.717) is 5.92 Å². The minimum absolute atomic E-state index is 0.498. The van der Waals surface area contributed by atoms with Crippen LogP contribution in [0.3, 0.4) is 0 Å². The van der Waals surface area contributed by atoms with Crippen LogP contribution < -0.4 is 4.74 Å². The molecule has 1 fully saturated rings. The quantitative estimate of drug-likeness (QED) is 0.851. The van der Waals surface area contributed by atoms with Crippen molar-refractivity contribution in [1.29, 1.82) is 0 Å². The minimum atomic E-state index is -0.712. The zero-order valence-electron chi connectivity index (χ0n) is 9.56. The van der Waals surface area contributed by atoms with Crippen molar-refractivity contribution in [3.63, 3.8) is 0 Å². The first-order valence-corrected chi connectivity index (χ1v) is 5.46. The number of hydrogen-bond donors (Lipinski definition) is 1. The molecule has 0 radical (unpaired) electrons. The summed E-state index contributed by atoms with van der Waals surface area (Å²) in [6.45, 7) is 2.09. The third kappa shape index (κ3) is 1.56. The fourth-order valence-electron chi connectivity index (χ4n) is 2.57. The number of carboxylic acid groups (broad SMARTS) is 1. The van der Waals surface area contributed by atoms with E-state index in [1.807, 2.05) is 24.3 Å². The Hall–Kier alpha value is -1.51. The van der Waals surface area contributed by atoms with Crippen molar-refractivity contribution in [3.05, 3.63) is 29.8 Å². The van der Waals surface area contributed by atoms with Crippen molar-refractivity contribution in [1.82, 2.24) is 0 Å². The van der Waals surface area contributed by atoms with Gasteiger partial charge in [0.2, 0.25) is 0 Å². The van der Waals surface area contributed by atoms with Crippen molar-refractivity contribution in [2.45, 2.75) is 25.2 Å². The SMILES string of the molecule is COc1ccc(C2(C(=O)O)CC(C)C2)cc1. The number of methoxy groups -OCH3 is 1. The van der Waals surface area contributed by atoms with Crippen LogP contribution in [0, 0.1) is 5.92 Å². The normalized spacial score (nSPS) is 28.2. The molecule has 1 aromatic carbocycles. The maximum Gasteiger partial charge on any atom is 0.314 e. The first kappa shape index (κ1) is 11.0. The van der Waals surface area contributed by atoms with Crippen LogP contribution in [0.5, 0.6) is 5.75 Å². The Morgan fingerprint density at radius 3 is 2.31 bits per heavy atom. The number of ether oxygens (including phenoxy) is 1. The molecule has 0 bridgehead atoms. The van der Waals surface area contributed by atoms with Gasteiger partial charge in [0.15, 0.2) is 0 Å². The molecule has 0 amide bonds. The lowest BCUT2D eigenvalue weighted by molar-refractivity contribution is -0.149. The van der Waals surface area contributed by atoms with E-state index in [2.05, 4.69) is 6.92 Å². The highest BCUT2D eigenvalue weighted by Crippen LogP contribution is 2.48. The van der Waals surface area contributed by atoms with Crippen LogP contribution in [0.15, 0.2) is 24.3 Å². The lowest BCUT2D eigenvalue weighted by Gasteiger charge is -2.43. The molecule has 0 aromatic heterocycles. The average Bonchev–Trinajstić information content (AvgIpc) is 2.24. The second kappa shape index (κ2) is 3.81. The van der Waals surface area contributed by atoms with Gasteiger partial charge in [-0.25, -0.2) is 0 Å². The van der Waals surface area contributed by atoms with E-state index >= 15 is 0 Å². The predicted octanol–water partition coefficient (Wildman–Crippen LogP) is 2.45. The molecule has 3 nitrogen and oxygen atoms in total. The largest absolute Gasteiger partial charge is 0.497 e. The Morgan fingerprint density at radius 2 is 1.94 bits per heavy atom. The van der Waals surface area contributed by atoms with Crippen molar-refractivity contribution in [2.24, 2.45) is 5.92 Å². The summed E-state index contributed by atoms with van der Waals surface area (Å²) in [5.74, 6) is 0.547. The third-order valence-corrected chi connectivity index (χ3v) is 3.45. The van der Waals surface area contributed by atoms with E-state index in [0.717, 1.165) is 24.2 Å². The Bertz CT molecular complexity index is 388. The van der Waals surface area contributed by atoms with Crippen molar-refractivity contribution < 1.29 is 14.6 Å². The molecule has 1 aliphatic carbocycles. The van der Waals surface area contributed by atoms with E-state index in [1.54, 1.807) is 7.11 Å². The van der Waals surface area contributed by atoms with Gasteiger partial charge in [-0.3, -0.25) is 4.79 Å². The van der Waals surface area contributed by atoms with Crippen molar-refractivity contribution >= 4 is 5.97 Å². The highest BCUT2D eigenvalue weighted by Gasteiger charge is 2.49. The lowest BCUT2D eigenvalue weighted by atomic mass is 9.59. The van der Waals surface area contributed by atoms with E-state index < -0.39 is 11.4 Å². The molecule has 0 heterocycles. The molecule has 1 N–H and O–H groups in total. The molecule has 86 valence electrons. The second-order valence-corrected chi connectivity index (χ2v) is 4.63. The van der Waals surface area contributed by atoms with Crippen molar-refractivity contribution in [2.75, 3.05) is 7.11 Å². The van der Waals surface area contributed by atoms with Crippen LogP contribution in [0.2, 0.25) is 0 Å². The average molecular weight is 220 g/mol. The maximum absolute atomic E-state index is 11.4. The molecule has 2 rings (SSSR count). The fourth-order valence-corrected chi connectivity index (χ4v) is 2.57. The fraction of sp³-hybridized carbons (Fsp3) is 0.462. The van der Waals surface area contributed by atoms with E-state index in [9.17, 15) is 9.90 Å². The zero-order valence-corrected chi connectivity index (χ0v) is 9.56. The van der Waals surface area contributed by atoms with Crippen LogP contribution in [0.4, 0.5) is 0 Å². The van der Waals surface area contributed by atoms with Crippen LogP contribution in [0.25, 0.3) is 0 Å². The monoisotopic (exact) mass is 220 g/mol. The van der Waals surface area contributed by atoms with Crippen LogP contribution in [-0.4, -0.2) is 18.2 Å². The van der Waals surface area contributed by atoms with Crippen LogP contribution in [-0.2, 0) is 10.2 Å². The van der Waals surface area contributed by atoms with Gasteiger partial charge in [-0.15, -0.1) is 0 Å². The van der Waals surface area contributed by atoms with Crippen LogP contribution >= 0.6 is 0 Å². The predicted molar refractivity (Wildman–Crippen MR) is 60.7 cm³/mol. The van der Waals surface area contributed by atoms with E-state index in [-0.39, 0.29) is 0 Å². The van der Waals surface area contributed by atoms with Crippen molar-refractivity contribution in [3.8, 4) is 5.75 Å². The molecule has 3 heteroatoms. The summed E-state index contributed by atoms with van der Waals surface area (Å²) in [5, 5.41) is 9.35.